The van der Waals surface area contributed by atoms with Gasteiger partial charge in [0.2, 0.25) is 0 Å². The molecule has 1 aromatic rings. The van der Waals surface area contributed by atoms with Crippen LogP contribution in [0.25, 0.3) is 0 Å². The summed E-state index contributed by atoms with van der Waals surface area (Å²) in [5.41, 5.74) is 11.0. The minimum absolute atomic E-state index is 0.00264. The van der Waals surface area contributed by atoms with Gasteiger partial charge in [-0.25, -0.2) is 0 Å². The molecule has 0 atom stereocenters. The normalized spacial score (nSPS) is 16.4. The molecule has 149 valence electrons. The number of hydrogen-bond acceptors (Lipinski definition) is 1. The molecule has 0 radical (unpaired) electrons. The van der Waals surface area contributed by atoms with Crippen molar-refractivity contribution in [2.75, 3.05) is 3.26 Å². The van der Waals surface area contributed by atoms with Crippen molar-refractivity contribution in [1.82, 2.24) is 0 Å². The van der Waals surface area contributed by atoms with E-state index in [0.29, 0.717) is 5.92 Å². The van der Waals surface area contributed by atoms with Crippen molar-refractivity contribution >= 4 is 22.7 Å². The second kappa shape index (κ2) is 8.00. The van der Waals surface area contributed by atoms with E-state index in [9.17, 15) is 0 Å². The van der Waals surface area contributed by atoms with Crippen LogP contribution in [0.1, 0.15) is 91.8 Å². The maximum absolute atomic E-state index is 6.40. The molecule has 1 nitrogen and oxygen atoms in total. The van der Waals surface area contributed by atoms with E-state index in [2.05, 4.69) is 84.6 Å². The molecule has 0 aromatic heterocycles. The van der Waals surface area contributed by atoms with Crippen molar-refractivity contribution in [2.45, 2.75) is 86.0 Å². The summed E-state index contributed by atoms with van der Waals surface area (Å²) in [5.74, 6) is 0.298. The second-order valence-electron chi connectivity index (χ2n) is 9.92. The Hall–Kier alpha value is -0.0369. The fraction of sp³-hybridized carbons (Fsp3) is 0.565. The van der Waals surface area contributed by atoms with E-state index in [1.54, 1.807) is 0 Å². The average molecular weight is 487 g/mol. The Morgan fingerprint density at radius 1 is 0.815 bits per heavy atom. The van der Waals surface area contributed by atoms with Crippen LogP contribution in [0, 0.1) is 0 Å². The number of allylic oxidation sites excluding steroid dienone is 4. The summed E-state index contributed by atoms with van der Waals surface area (Å²) in [6.07, 6.45) is 0. The van der Waals surface area contributed by atoms with Gasteiger partial charge in [0, 0.05) is 0 Å². The number of hydrogen-bond donors (Lipinski definition) is 1. The number of anilines is 1. The van der Waals surface area contributed by atoms with E-state index in [0.717, 1.165) is 0 Å². The number of benzene rings is 1. The van der Waals surface area contributed by atoms with Gasteiger partial charge in [0.15, 0.2) is 0 Å². The Labute approximate surface area is 181 Å². The molecule has 1 aromatic carbocycles. The van der Waals surface area contributed by atoms with E-state index in [4.69, 9.17) is 17.0 Å². The Morgan fingerprint density at radius 3 is 1.67 bits per heavy atom. The fourth-order valence-corrected chi connectivity index (χ4v) is 6.23. The number of rotatable bonds is 3. The van der Waals surface area contributed by atoms with Gasteiger partial charge in [-0.2, -0.15) is 0 Å². The quantitative estimate of drug-likeness (QED) is 0.453. The summed E-state index contributed by atoms with van der Waals surface area (Å²) < 4.78 is 3.56. The SMILES string of the molecule is CC1=C(C)C(c2cc(C(C)(C)C)cc(C(C)(C)C)c2[NH][Zr]([Cl])[Cl])C(C)=C1C. The molecular weight excluding hydrogens is 452 g/mol. The van der Waals surface area contributed by atoms with Crippen molar-refractivity contribution in [3.8, 4) is 0 Å². The Balaban J connectivity index is 2.90. The molecule has 27 heavy (non-hydrogen) atoms. The van der Waals surface area contributed by atoms with Gasteiger partial charge in [-0.1, -0.05) is 0 Å². The zero-order chi connectivity index (χ0) is 20.9. The van der Waals surface area contributed by atoms with Gasteiger partial charge in [0.1, 0.15) is 0 Å². The summed E-state index contributed by atoms with van der Waals surface area (Å²) >= 11 is -2.61. The molecule has 0 heterocycles. The third kappa shape index (κ3) is 4.76. The number of halogens is 2. The predicted octanol–water partition coefficient (Wildman–Crippen LogP) is 8.30. The van der Waals surface area contributed by atoms with E-state index >= 15 is 0 Å². The van der Waals surface area contributed by atoms with Gasteiger partial charge in [0.05, 0.1) is 0 Å². The zero-order valence-corrected chi connectivity index (χ0v) is 22.5. The molecule has 0 fully saturated rings. The molecule has 0 saturated heterocycles. The molecule has 4 heteroatoms. The van der Waals surface area contributed by atoms with Crippen LogP contribution in [0.3, 0.4) is 0 Å². The van der Waals surface area contributed by atoms with Crippen molar-refractivity contribution in [1.29, 1.82) is 0 Å². The Morgan fingerprint density at radius 2 is 1.30 bits per heavy atom. The molecule has 0 spiro atoms. The first kappa shape index (κ1) is 23.2. The van der Waals surface area contributed by atoms with Gasteiger partial charge in [-0.05, 0) is 0 Å². The molecule has 2 rings (SSSR count). The fourth-order valence-electron chi connectivity index (χ4n) is 3.97. The second-order valence-corrected chi connectivity index (χ2v) is 17.4. The van der Waals surface area contributed by atoms with Crippen LogP contribution in [0.4, 0.5) is 5.69 Å². The molecule has 1 aliphatic rings. The summed E-state index contributed by atoms with van der Waals surface area (Å²) in [7, 11) is 12.8. The molecule has 0 amide bonds. The first-order chi connectivity index (χ1) is 12.2. The van der Waals surface area contributed by atoms with Crippen molar-refractivity contribution < 1.29 is 19.7 Å². The summed E-state index contributed by atoms with van der Waals surface area (Å²) in [5, 5.41) is 0. The minimum atomic E-state index is -2.61. The first-order valence-electron chi connectivity index (χ1n) is 9.65. The van der Waals surface area contributed by atoms with Gasteiger partial charge < -0.3 is 0 Å². The maximum atomic E-state index is 6.40. The van der Waals surface area contributed by atoms with Crippen LogP contribution in [0.2, 0.25) is 0 Å². The monoisotopic (exact) mass is 484 g/mol. The van der Waals surface area contributed by atoms with Crippen molar-refractivity contribution in [3.63, 3.8) is 0 Å². The van der Waals surface area contributed by atoms with Gasteiger partial charge in [0.25, 0.3) is 0 Å². The molecule has 0 aliphatic heterocycles. The van der Waals surface area contributed by atoms with Crippen LogP contribution in [0.15, 0.2) is 34.4 Å². The number of nitrogens with one attached hydrogen (secondary N) is 1. The van der Waals surface area contributed by atoms with Crippen LogP contribution in [-0.2, 0) is 30.5 Å². The van der Waals surface area contributed by atoms with E-state index in [1.165, 1.54) is 44.7 Å². The molecule has 1 aliphatic carbocycles. The summed E-state index contributed by atoms with van der Waals surface area (Å²) in [4.78, 5) is 0. The molecule has 0 saturated carbocycles. The van der Waals surface area contributed by atoms with Crippen LogP contribution in [0.5, 0.6) is 0 Å². The third-order valence-corrected chi connectivity index (χ3v) is 8.18. The molecule has 1 N–H and O–H groups in total. The summed E-state index contributed by atoms with van der Waals surface area (Å²) in [6, 6.07) is 4.75. The Bertz CT molecular complexity index is 781. The Kier molecular flexibility index (Phi) is 6.89. The molecule has 0 bridgehead atoms. The topological polar surface area (TPSA) is 12.0 Å². The molecule has 0 unspecified atom stereocenters. The van der Waals surface area contributed by atoms with E-state index in [-0.39, 0.29) is 10.8 Å². The standard InChI is InChI=1S/C23H34N.2ClH.Zr/c1-13-14(2)16(4)20(15(13)3)18-11-17(22(5,6)7)12-19(21(18)24)23(8,9)10;;;/h11-12,20,24H,1-10H3;2*1H;/q-1;;;+3/p-2. The predicted molar refractivity (Wildman–Crippen MR) is 119 cm³/mol. The van der Waals surface area contributed by atoms with E-state index in [1.807, 2.05) is 0 Å². The first-order valence-corrected chi connectivity index (χ1v) is 17.2. The van der Waals surface area contributed by atoms with Crippen LogP contribution >= 0.6 is 17.0 Å². The van der Waals surface area contributed by atoms with Crippen molar-refractivity contribution in [2.24, 2.45) is 0 Å². The zero-order valence-electron chi connectivity index (χ0n) is 18.5. The van der Waals surface area contributed by atoms with Gasteiger partial charge in [-0.3, -0.25) is 0 Å². The van der Waals surface area contributed by atoms with Crippen LogP contribution in [-0.4, -0.2) is 0 Å². The van der Waals surface area contributed by atoms with Crippen LogP contribution < -0.4 is 3.26 Å². The third-order valence-electron chi connectivity index (χ3n) is 5.98. The molecular formula is C23H34Cl2NZr. The average Bonchev–Trinajstić information content (AvgIpc) is 2.69. The summed E-state index contributed by atoms with van der Waals surface area (Å²) in [6.45, 7) is 22.7. The van der Waals surface area contributed by atoms with Gasteiger partial charge >= 0.3 is 183 Å². The van der Waals surface area contributed by atoms with Crippen molar-refractivity contribution in [3.05, 3.63) is 51.1 Å². The van der Waals surface area contributed by atoms with Gasteiger partial charge in [-0.15, -0.1) is 0 Å². The van der Waals surface area contributed by atoms with E-state index < -0.39 is 19.7 Å².